The van der Waals surface area contributed by atoms with Crippen LogP contribution in [0.25, 0.3) is 28.1 Å². The highest BCUT2D eigenvalue weighted by atomic mass is 19.4. The summed E-state index contributed by atoms with van der Waals surface area (Å²) in [6, 6.07) is 9.58. The van der Waals surface area contributed by atoms with Gasteiger partial charge >= 0.3 is 6.18 Å². The van der Waals surface area contributed by atoms with Crippen molar-refractivity contribution in [3.8, 4) is 11.4 Å². The maximum atomic E-state index is 14.5. The van der Waals surface area contributed by atoms with Gasteiger partial charge in [0.25, 0.3) is 0 Å². The molecule has 0 fully saturated rings. The Kier molecular flexibility index (Phi) is 6.40. The molecule has 0 bridgehead atoms. The minimum absolute atomic E-state index is 0.147. The van der Waals surface area contributed by atoms with Gasteiger partial charge in [0.2, 0.25) is 0 Å². The van der Waals surface area contributed by atoms with Gasteiger partial charge in [-0.2, -0.15) is 13.2 Å². The molecule has 2 N–H and O–H groups in total. The largest absolute Gasteiger partial charge is 0.417 e. The lowest BCUT2D eigenvalue weighted by Crippen LogP contribution is -2.10. The van der Waals surface area contributed by atoms with Gasteiger partial charge in [0.15, 0.2) is 11.5 Å². The fourth-order valence-electron chi connectivity index (χ4n) is 3.43. The van der Waals surface area contributed by atoms with Crippen molar-refractivity contribution in [2.75, 3.05) is 17.2 Å². The van der Waals surface area contributed by atoms with Crippen LogP contribution in [0.4, 0.5) is 29.1 Å². The third-order valence-corrected chi connectivity index (χ3v) is 5.01. The van der Waals surface area contributed by atoms with Crippen LogP contribution in [0.3, 0.4) is 0 Å². The number of halogens is 4. The monoisotopic (exact) mass is 468 g/mol. The summed E-state index contributed by atoms with van der Waals surface area (Å²) >= 11 is 0. The Morgan fingerprint density at radius 2 is 1.85 bits per heavy atom. The predicted molar refractivity (Wildman–Crippen MR) is 123 cm³/mol. The van der Waals surface area contributed by atoms with E-state index in [9.17, 15) is 17.6 Å². The van der Waals surface area contributed by atoms with Crippen molar-refractivity contribution in [3.63, 3.8) is 0 Å². The van der Waals surface area contributed by atoms with Gasteiger partial charge in [-0.25, -0.2) is 24.3 Å². The Morgan fingerprint density at radius 3 is 2.62 bits per heavy atom. The number of fused-ring (bicyclic) bond motifs is 1. The number of anilines is 2. The van der Waals surface area contributed by atoms with Crippen molar-refractivity contribution in [1.29, 1.82) is 0 Å². The van der Waals surface area contributed by atoms with Crippen LogP contribution < -0.4 is 10.6 Å². The average Bonchev–Trinajstić information content (AvgIpc) is 2.82. The Morgan fingerprint density at radius 1 is 1.06 bits per heavy atom. The maximum Gasteiger partial charge on any atom is 0.417 e. The topological polar surface area (TPSA) is 75.6 Å². The highest BCUT2D eigenvalue weighted by Crippen LogP contribution is 2.37. The minimum Gasteiger partial charge on any atom is -0.382 e. The SMILES string of the molecule is C=C(Nc1nc(-c2ccccc2C(F)(F)F)nc2ncncc12)c1cccc(F)c1NCCC. The zero-order chi connectivity index (χ0) is 24.3. The molecule has 0 spiro atoms. The van der Waals surface area contributed by atoms with Gasteiger partial charge in [-0.05, 0) is 18.6 Å². The van der Waals surface area contributed by atoms with Gasteiger partial charge in [0, 0.05) is 29.6 Å². The number of benzene rings is 2. The Labute approximate surface area is 192 Å². The second-order valence-electron chi connectivity index (χ2n) is 7.39. The standard InChI is InChI=1S/C24H20F4N6/c1-3-11-30-20-15(8-6-10-19(20)25)14(2)32-23-17-12-29-13-31-21(17)33-22(34-23)16-7-4-5-9-18(16)24(26,27)28/h4-10,12-13,30H,2-3,11H2,1H3,(H,29,31,32,33,34). The molecule has 0 amide bonds. The molecule has 0 saturated heterocycles. The Bertz CT molecular complexity index is 1350. The zero-order valence-corrected chi connectivity index (χ0v) is 18.1. The quantitative estimate of drug-likeness (QED) is 0.317. The summed E-state index contributed by atoms with van der Waals surface area (Å²) in [6.07, 6.45) is -1.13. The van der Waals surface area contributed by atoms with Crippen LogP contribution in [0.2, 0.25) is 0 Å². The second-order valence-corrected chi connectivity index (χ2v) is 7.39. The van der Waals surface area contributed by atoms with Crippen molar-refractivity contribution in [3.05, 3.63) is 78.5 Å². The molecule has 0 atom stereocenters. The van der Waals surface area contributed by atoms with E-state index in [1.807, 2.05) is 6.92 Å². The fourth-order valence-corrected chi connectivity index (χ4v) is 3.43. The lowest BCUT2D eigenvalue weighted by Gasteiger charge is -2.17. The normalized spacial score (nSPS) is 11.4. The van der Waals surface area contributed by atoms with Crippen molar-refractivity contribution in [2.24, 2.45) is 0 Å². The van der Waals surface area contributed by atoms with E-state index in [0.29, 0.717) is 17.5 Å². The summed E-state index contributed by atoms with van der Waals surface area (Å²) < 4.78 is 55.3. The molecule has 34 heavy (non-hydrogen) atoms. The molecule has 2 aromatic heterocycles. The average molecular weight is 468 g/mol. The first-order valence-electron chi connectivity index (χ1n) is 10.4. The summed E-state index contributed by atoms with van der Waals surface area (Å²) in [7, 11) is 0. The smallest absolute Gasteiger partial charge is 0.382 e. The summed E-state index contributed by atoms with van der Waals surface area (Å²) in [5.41, 5.74) is 0.0888. The lowest BCUT2D eigenvalue weighted by atomic mass is 10.1. The van der Waals surface area contributed by atoms with Gasteiger partial charge in [-0.3, -0.25) is 0 Å². The number of alkyl halides is 3. The van der Waals surface area contributed by atoms with Crippen LogP contribution in [0.5, 0.6) is 0 Å². The molecule has 2 heterocycles. The summed E-state index contributed by atoms with van der Waals surface area (Å²) in [4.78, 5) is 16.6. The van der Waals surface area contributed by atoms with Crippen LogP contribution in [-0.2, 0) is 6.18 Å². The van der Waals surface area contributed by atoms with E-state index >= 15 is 0 Å². The van der Waals surface area contributed by atoms with E-state index in [0.717, 1.165) is 12.5 Å². The lowest BCUT2D eigenvalue weighted by molar-refractivity contribution is -0.137. The van der Waals surface area contributed by atoms with E-state index in [1.54, 1.807) is 12.1 Å². The molecular weight excluding hydrogens is 448 g/mol. The predicted octanol–water partition coefficient (Wildman–Crippen LogP) is 6.15. The minimum atomic E-state index is -4.60. The molecule has 0 aliphatic carbocycles. The van der Waals surface area contributed by atoms with Crippen molar-refractivity contribution < 1.29 is 17.6 Å². The van der Waals surface area contributed by atoms with Crippen molar-refractivity contribution >= 4 is 28.2 Å². The summed E-state index contributed by atoms with van der Waals surface area (Å²) in [6.45, 7) is 6.49. The Hall–Kier alpha value is -4.08. The number of nitrogens with zero attached hydrogens (tertiary/aromatic N) is 4. The molecule has 0 aliphatic heterocycles. The number of rotatable bonds is 7. The first-order chi connectivity index (χ1) is 16.3. The number of nitrogens with one attached hydrogen (secondary N) is 2. The molecule has 10 heteroatoms. The molecular formula is C24H20F4N6. The zero-order valence-electron chi connectivity index (χ0n) is 18.1. The molecule has 0 aliphatic rings. The van der Waals surface area contributed by atoms with E-state index < -0.39 is 17.6 Å². The molecule has 0 radical (unpaired) electrons. The van der Waals surface area contributed by atoms with Gasteiger partial charge in [-0.15, -0.1) is 0 Å². The van der Waals surface area contributed by atoms with E-state index in [1.165, 1.54) is 36.8 Å². The number of hydrogen-bond donors (Lipinski definition) is 2. The summed E-state index contributed by atoms with van der Waals surface area (Å²) in [5, 5.41) is 6.41. The van der Waals surface area contributed by atoms with E-state index in [4.69, 9.17) is 0 Å². The fraction of sp³-hybridized carbons (Fsp3) is 0.167. The first kappa shape index (κ1) is 23.1. The van der Waals surface area contributed by atoms with Crippen LogP contribution in [0.1, 0.15) is 24.5 Å². The molecule has 0 saturated carbocycles. The third kappa shape index (κ3) is 4.66. The highest BCUT2D eigenvalue weighted by Gasteiger charge is 2.34. The van der Waals surface area contributed by atoms with E-state index in [-0.39, 0.29) is 34.2 Å². The number of aromatic nitrogens is 4. The molecule has 0 unspecified atom stereocenters. The molecule has 174 valence electrons. The molecule has 6 nitrogen and oxygen atoms in total. The van der Waals surface area contributed by atoms with Crippen LogP contribution in [-0.4, -0.2) is 26.5 Å². The number of hydrogen-bond acceptors (Lipinski definition) is 6. The first-order valence-corrected chi connectivity index (χ1v) is 10.4. The highest BCUT2D eigenvalue weighted by molar-refractivity contribution is 5.93. The molecule has 2 aromatic carbocycles. The summed E-state index contributed by atoms with van der Waals surface area (Å²) in [5.74, 6) is -0.476. The van der Waals surface area contributed by atoms with Gasteiger partial charge in [0.1, 0.15) is 18.0 Å². The molecule has 4 aromatic rings. The van der Waals surface area contributed by atoms with Crippen LogP contribution in [0.15, 0.2) is 61.6 Å². The van der Waals surface area contributed by atoms with Crippen molar-refractivity contribution in [1.82, 2.24) is 19.9 Å². The number of para-hydroxylation sites is 1. The third-order valence-electron chi connectivity index (χ3n) is 5.01. The Balaban J connectivity index is 1.81. The van der Waals surface area contributed by atoms with Gasteiger partial charge in [-0.1, -0.05) is 43.8 Å². The second kappa shape index (κ2) is 9.42. The molecule has 4 rings (SSSR count). The van der Waals surface area contributed by atoms with Gasteiger partial charge in [0.05, 0.1) is 16.6 Å². The van der Waals surface area contributed by atoms with Crippen LogP contribution >= 0.6 is 0 Å². The van der Waals surface area contributed by atoms with E-state index in [2.05, 4.69) is 37.1 Å². The van der Waals surface area contributed by atoms with Crippen molar-refractivity contribution in [2.45, 2.75) is 19.5 Å². The van der Waals surface area contributed by atoms with Crippen LogP contribution in [0, 0.1) is 5.82 Å². The van der Waals surface area contributed by atoms with Gasteiger partial charge < -0.3 is 10.6 Å². The maximum absolute atomic E-state index is 14.5.